The van der Waals surface area contributed by atoms with Crippen LogP contribution in [0.3, 0.4) is 0 Å². The van der Waals surface area contributed by atoms with Gasteiger partial charge in [-0.05, 0) is 48.4 Å². The molecule has 0 radical (unpaired) electrons. The van der Waals surface area contributed by atoms with Gasteiger partial charge in [-0.15, -0.1) is 0 Å². The Labute approximate surface area is 171 Å². The van der Waals surface area contributed by atoms with Crippen molar-refractivity contribution in [2.45, 2.75) is 13.3 Å². The van der Waals surface area contributed by atoms with E-state index in [0.717, 1.165) is 18.3 Å². The number of nitrogens with zero attached hydrogens (tertiary/aromatic N) is 3. The summed E-state index contributed by atoms with van der Waals surface area (Å²) in [5.74, 6) is -0.656. The van der Waals surface area contributed by atoms with E-state index in [1.165, 1.54) is 12.1 Å². The van der Waals surface area contributed by atoms with E-state index in [2.05, 4.69) is 26.1 Å². The Balaban J connectivity index is 1.79. The molecule has 3 N–H and O–H groups in total. The number of benzene rings is 2. The highest BCUT2D eigenvalue weighted by Crippen LogP contribution is 2.30. The molecule has 1 heterocycles. The highest BCUT2D eigenvalue weighted by Gasteiger charge is 2.23. The fourth-order valence-corrected chi connectivity index (χ4v) is 2.61. The van der Waals surface area contributed by atoms with Crippen LogP contribution in [-0.2, 0) is 6.42 Å². The van der Waals surface area contributed by atoms with Crippen LogP contribution in [0.5, 0.6) is 0 Å². The lowest BCUT2D eigenvalue weighted by atomic mass is 10.1. The van der Waals surface area contributed by atoms with Gasteiger partial charge in [-0.25, -0.2) is 9.97 Å². The van der Waals surface area contributed by atoms with E-state index in [0.29, 0.717) is 16.3 Å². The predicted octanol–water partition coefficient (Wildman–Crippen LogP) is 4.10. The number of carbonyl (C=O) groups is 1. The molecule has 0 saturated carbocycles. The van der Waals surface area contributed by atoms with Crippen LogP contribution in [0.4, 0.5) is 23.0 Å². The molecule has 0 bridgehead atoms. The summed E-state index contributed by atoms with van der Waals surface area (Å²) in [6.07, 6.45) is 2.04. The van der Waals surface area contributed by atoms with Crippen molar-refractivity contribution in [3.05, 3.63) is 81.1 Å². The smallest absolute Gasteiger partial charge is 0.334 e. The number of aromatic nitrogens is 2. The first-order valence-electron chi connectivity index (χ1n) is 8.65. The minimum Gasteiger partial charge on any atom is -0.334 e. The van der Waals surface area contributed by atoms with Crippen LogP contribution in [0.1, 0.15) is 22.8 Å². The van der Waals surface area contributed by atoms with Crippen LogP contribution < -0.4 is 16.2 Å². The molecule has 29 heavy (non-hydrogen) atoms. The third kappa shape index (κ3) is 4.96. The summed E-state index contributed by atoms with van der Waals surface area (Å²) in [6, 6.07) is 13.6. The molecule has 0 saturated heterocycles. The van der Waals surface area contributed by atoms with Crippen molar-refractivity contribution in [3.8, 4) is 0 Å². The molecule has 2 aromatic carbocycles. The van der Waals surface area contributed by atoms with Crippen LogP contribution in [0.15, 0.2) is 54.9 Å². The Morgan fingerprint density at radius 3 is 2.34 bits per heavy atom. The average molecular weight is 413 g/mol. The third-order valence-corrected chi connectivity index (χ3v) is 4.28. The zero-order valence-corrected chi connectivity index (χ0v) is 16.1. The largest absolute Gasteiger partial charge is 0.355 e. The van der Waals surface area contributed by atoms with Gasteiger partial charge in [-0.2, -0.15) is 0 Å². The van der Waals surface area contributed by atoms with Crippen molar-refractivity contribution in [2.24, 2.45) is 0 Å². The first-order chi connectivity index (χ1) is 14.0. The zero-order valence-electron chi connectivity index (χ0n) is 15.3. The molecule has 0 aliphatic rings. The van der Waals surface area contributed by atoms with Gasteiger partial charge in [0, 0.05) is 16.3 Å². The lowest BCUT2D eigenvalue weighted by Crippen LogP contribution is -2.30. The highest BCUT2D eigenvalue weighted by molar-refractivity contribution is 6.30. The number of amides is 1. The van der Waals surface area contributed by atoms with Crippen LogP contribution in [0, 0.1) is 10.1 Å². The molecular weight excluding hydrogens is 396 g/mol. The molecule has 0 unspecified atom stereocenters. The van der Waals surface area contributed by atoms with Gasteiger partial charge in [0.05, 0.1) is 4.92 Å². The molecule has 3 rings (SSSR count). The Hall–Kier alpha value is -3.72. The van der Waals surface area contributed by atoms with Crippen LogP contribution >= 0.6 is 11.6 Å². The number of hydrazine groups is 1. The summed E-state index contributed by atoms with van der Waals surface area (Å²) in [6.45, 7) is 2.04. The summed E-state index contributed by atoms with van der Waals surface area (Å²) in [4.78, 5) is 31.0. The molecule has 1 amide bonds. The van der Waals surface area contributed by atoms with Gasteiger partial charge < -0.3 is 5.32 Å². The number of hydrogen-bond acceptors (Lipinski definition) is 7. The number of rotatable bonds is 7. The maximum absolute atomic E-state index is 12.2. The van der Waals surface area contributed by atoms with Crippen molar-refractivity contribution in [2.75, 3.05) is 10.7 Å². The van der Waals surface area contributed by atoms with Gasteiger partial charge in [0.15, 0.2) is 0 Å². The molecule has 0 aliphatic heterocycles. The van der Waals surface area contributed by atoms with E-state index in [9.17, 15) is 14.9 Å². The summed E-state index contributed by atoms with van der Waals surface area (Å²) in [7, 11) is 0. The van der Waals surface area contributed by atoms with Gasteiger partial charge in [0.1, 0.15) is 6.33 Å². The third-order valence-electron chi connectivity index (χ3n) is 4.03. The molecular formula is C19H17ClN6O3. The maximum atomic E-state index is 12.2. The van der Waals surface area contributed by atoms with Gasteiger partial charge >= 0.3 is 5.69 Å². The van der Waals surface area contributed by atoms with Crippen molar-refractivity contribution in [1.29, 1.82) is 0 Å². The van der Waals surface area contributed by atoms with E-state index >= 15 is 0 Å². The molecule has 3 aromatic rings. The number of nitro groups is 1. The van der Waals surface area contributed by atoms with Gasteiger partial charge in [0.2, 0.25) is 11.6 Å². The Bertz CT molecular complexity index is 1030. The maximum Gasteiger partial charge on any atom is 0.355 e. The fourth-order valence-electron chi connectivity index (χ4n) is 2.48. The van der Waals surface area contributed by atoms with Crippen LogP contribution in [0.2, 0.25) is 5.02 Å². The molecule has 9 nitrogen and oxygen atoms in total. The van der Waals surface area contributed by atoms with E-state index in [1.54, 1.807) is 24.3 Å². The number of halogens is 1. The predicted molar refractivity (Wildman–Crippen MR) is 110 cm³/mol. The van der Waals surface area contributed by atoms with E-state index in [1.807, 2.05) is 19.1 Å². The minimum absolute atomic E-state index is 0.00232. The van der Waals surface area contributed by atoms with Gasteiger partial charge in [0.25, 0.3) is 5.91 Å². The quantitative estimate of drug-likeness (QED) is 0.394. The lowest BCUT2D eigenvalue weighted by Gasteiger charge is -2.11. The number of anilines is 3. The lowest BCUT2D eigenvalue weighted by molar-refractivity contribution is -0.383. The second kappa shape index (κ2) is 8.98. The number of nitrogens with one attached hydrogen (secondary N) is 3. The molecule has 0 atom stereocenters. The first-order valence-corrected chi connectivity index (χ1v) is 9.03. The standard InChI is InChI=1S/C19H17ClN6O3/c1-2-12-3-9-15(10-4-12)23-17-16(26(28)29)18(22-11-21-17)24-25-19(27)13-5-7-14(20)8-6-13/h3-11H,2H2,1H3,(H,25,27)(H2,21,22,23,24). The zero-order chi connectivity index (χ0) is 20.8. The van der Waals surface area contributed by atoms with Crippen molar-refractivity contribution in [1.82, 2.24) is 15.4 Å². The van der Waals surface area contributed by atoms with Crippen molar-refractivity contribution >= 4 is 40.5 Å². The summed E-state index contributed by atoms with van der Waals surface area (Å²) in [5.41, 5.74) is 6.57. The summed E-state index contributed by atoms with van der Waals surface area (Å²) in [5, 5.41) is 15.0. The first kappa shape index (κ1) is 20.0. The molecule has 0 aliphatic carbocycles. The van der Waals surface area contributed by atoms with E-state index < -0.39 is 16.5 Å². The number of carbonyl (C=O) groups excluding carboxylic acids is 1. The van der Waals surface area contributed by atoms with Crippen molar-refractivity contribution < 1.29 is 9.72 Å². The highest BCUT2D eigenvalue weighted by atomic mass is 35.5. The number of hydrogen-bond donors (Lipinski definition) is 3. The van der Waals surface area contributed by atoms with Crippen LogP contribution in [0.25, 0.3) is 0 Å². The topological polar surface area (TPSA) is 122 Å². The SMILES string of the molecule is CCc1ccc(Nc2ncnc(NNC(=O)c3ccc(Cl)cc3)c2[N+](=O)[O-])cc1. The van der Waals surface area contributed by atoms with Gasteiger partial charge in [-0.1, -0.05) is 30.7 Å². The average Bonchev–Trinajstić information content (AvgIpc) is 2.73. The van der Waals surface area contributed by atoms with E-state index in [4.69, 9.17) is 11.6 Å². The second-order valence-electron chi connectivity index (χ2n) is 5.94. The summed E-state index contributed by atoms with van der Waals surface area (Å²) < 4.78 is 0. The molecule has 1 aromatic heterocycles. The molecule has 0 fully saturated rings. The summed E-state index contributed by atoms with van der Waals surface area (Å²) >= 11 is 5.80. The van der Waals surface area contributed by atoms with Crippen molar-refractivity contribution in [3.63, 3.8) is 0 Å². The monoisotopic (exact) mass is 412 g/mol. The molecule has 148 valence electrons. The fraction of sp³-hybridized carbons (Fsp3) is 0.105. The van der Waals surface area contributed by atoms with Gasteiger partial charge in [-0.3, -0.25) is 25.8 Å². The Morgan fingerprint density at radius 2 is 1.72 bits per heavy atom. The Morgan fingerprint density at radius 1 is 1.07 bits per heavy atom. The molecule has 10 heteroatoms. The normalized spacial score (nSPS) is 10.3. The second-order valence-corrected chi connectivity index (χ2v) is 6.37. The van der Waals surface area contributed by atoms with E-state index in [-0.39, 0.29) is 11.6 Å². The minimum atomic E-state index is -0.625. The molecule has 0 spiro atoms. The van der Waals surface area contributed by atoms with Crippen LogP contribution in [-0.4, -0.2) is 20.8 Å². The number of aryl methyl sites for hydroxylation is 1. The Kier molecular flexibility index (Phi) is 6.20.